The Bertz CT molecular complexity index is 999. The Hall–Kier alpha value is -3.05. The number of anilines is 1. The Kier molecular flexibility index (Phi) is 5.33. The summed E-state index contributed by atoms with van der Waals surface area (Å²) in [5.41, 5.74) is 1.46. The fourth-order valence-corrected chi connectivity index (χ4v) is 4.06. The van der Waals surface area contributed by atoms with Crippen LogP contribution in [0.15, 0.2) is 52.7 Å². The summed E-state index contributed by atoms with van der Waals surface area (Å²) in [5, 5.41) is 9.35. The number of benzene rings is 1. The molecule has 0 aliphatic carbocycles. The number of rotatable bonds is 7. The van der Waals surface area contributed by atoms with Crippen LogP contribution in [0.4, 0.5) is 5.69 Å². The van der Waals surface area contributed by atoms with Gasteiger partial charge >= 0.3 is 5.97 Å². The van der Waals surface area contributed by atoms with E-state index in [1.807, 2.05) is 6.07 Å². The predicted octanol–water partition coefficient (Wildman–Crippen LogP) is 2.88. The van der Waals surface area contributed by atoms with Crippen molar-refractivity contribution >= 4 is 27.3 Å². The summed E-state index contributed by atoms with van der Waals surface area (Å²) in [6.07, 6.45) is 1.71. The molecule has 0 radical (unpaired) electrons. The van der Waals surface area contributed by atoms with Gasteiger partial charge in [-0.3, -0.25) is 4.72 Å². The van der Waals surface area contributed by atoms with E-state index in [2.05, 4.69) is 4.72 Å². The number of hydrogen-bond donors (Lipinski definition) is 1. The molecule has 1 unspecified atom stereocenters. The topological polar surface area (TPSA) is 109 Å². The average molecular weight is 386 g/mol. The zero-order chi connectivity index (χ0) is 19.4. The van der Waals surface area contributed by atoms with Crippen LogP contribution in [-0.2, 0) is 26.0 Å². The zero-order valence-corrected chi connectivity index (χ0v) is 15.5. The van der Waals surface area contributed by atoms with Gasteiger partial charge in [0.25, 0.3) is 0 Å². The van der Waals surface area contributed by atoms with Crippen LogP contribution in [0.3, 0.4) is 0 Å². The van der Waals surface area contributed by atoms with Crippen LogP contribution >= 0.6 is 0 Å². The molecular weight excluding hydrogens is 368 g/mol. The quantitative estimate of drug-likeness (QED) is 0.733. The second-order valence-electron chi connectivity index (χ2n) is 6.08. The van der Waals surface area contributed by atoms with Crippen LogP contribution in [0.2, 0.25) is 0 Å². The monoisotopic (exact) mass is 386 g/mol. The maximum Gasteiger partial charge on any atom is 0.349 e. The molecule has 1 aliphatic rings. The third kappa shape index (κ3) is 4.20. The van der Waals surface area contributed by atoms with Gasteiger partial charge in [-0.1, -0.05) is 19.1 Å². The molecule has 0 saturated carbocycles. The van der Waals surface area contributed by atoms with Gasteiger partial charge in [0.05, 0.1) is 12.0 Å². The first kappa shape index (κ1) is 18.7. The Morgan fingerprint density at radius 2 is 1.96 bits per heavy atom. The van der Waals surface area contributed by atoms with Gasteiger partial charge in [0.15, 0.2) is 0 Å². The first-order valence-corrected chi connectivity index (χ1v) is 10.1. The summed E-state index contributed by atoms with van der Waals surface area (Å²) in [7, 11) is -3.39. The van der Waals surface area contributed by atoms with E-state index >= 15 is 0 Å². The number of nitrogens with zero attached hydrogens (tertiary/aromatic N) is 1. The number of cyclic esters (lactones) is 1. The van der Waals surface area contributed by atoms with Gasteiger partial charge in [-0.15, -0.1) is 0 Å². The molecule has 8 heteroatoms. The van der Waals surface area contributed by atoms with Crippen molar-refractivity contribution in [1.29, 1.82) is 5.26 Å². The van der Waals surface area contributed by atoms with Crippen molar-refractivity contribution in [3.05, 3.63) is 59.6 Å². The number of nitriles is 1. The second kappa shape index (κ2) is 7.68. The number of carbonyl (C=O) groups excluding carboxylic acids is 1. The molecule has 1 N–H and O–H groups in total. The summed E-state index contributed by atoms with van der Waals surface area (Å²) in [5.74, 6) is -0.00306. The van der Waals surface area contributed by atoms with Crippen LogP contribution in [-0.4, -0.2) is 26.2 Å². The summed E-state index contributed by atoms with van der Waals surface area (Å²) in [4.78, 5) is 12.0. The summed E-state index contributed by atoms with van der Waals surface area (Å²) >= 11 is 0. The largest absolute Gasteiger partial charge is 0.469 e. The maximum atomic E-state index is 12.0. The van der Waals surface area contributed by atoms with E-state index in [4.69, 9.17) is 9.15 Å². The van der Waals surface area contributed by atoms with Crippen LogP contribution in [0, 0.1) is 11.3 Å². The average Bonchev–Trinajstić information content (AvgIpc) is 3.23. The van der Waals surface area contributed by atoms with E-state index in [0.29, 0.717) is 35.4 Å². The predicted molar refractivity (Wildman–Crippen MR) is 99.0 cm³/mol. The molecule has 1 atom stereocenters. The molecule has 140 valence electrons. The Balaban J connectivity index is 1.88. The molecule has 0 saturated heterocycles. The smallest absolute Gasteiger partial charge is 0.349 e. The number of hydrogen-bond acceptors (Lipinski definition) is 6. The number of carbonyl (C=O) groups is 1. The minimum atomic E-state index is -3.39. The number of sulfonamides is 1. The molecular formula is C19H18N2O5S. The molecule has 1 aromatic carbocycles. The van der Waals surface area contributed by atoms with Crippen molar-refractivity contribution in [1.82, 2.24) is 0 Å². The van der Waals surface area contributed by atoms with Gasteiger partial charge in [0.2, 0.25) is 10.0 Å². The molecule has 0 amide bonds. The Labute approximate surface area is 157 Å². The van der Waals surface area contributed by atoms with Gasteiger partial charge < -0.3 is 9.15 Å². The molecule has 7 nitrogen and oxygen atoms in total. The van der Waals surface area contributed by atoms with Crippen LogP contribution in [0.5, 0.6) is 0 Å². The zero-order valence-electron chi connectivity index (χ0n) is 14.6. The van der Waals surface area contributed by atoms with Gasteiger partial charge in [0, 0.05) is 17.7 Å². The van der Waals surface area contributed by atoms with Gasteiger partial charge in [-0.05, 0) is 36.2 Å². The van der Waals surface area contributed by atoms with Crippen molar-refractivity contribution in [2.75, 3.05) is 10.5 Å². The fraction of sp³-hybridized carbons (Fsp3) is 0.263. The minimum absolute atomic E-state index is 0.0338. The van der Waals surface area contributed by atoms with E-state index in [9.17, 15) is 18.5 Å². The molecule has 2 heterocycles. The number of nitrogens with one attached hydrogen (secondary N) is 1. The molecule has 27 heavy (non-hydrogen) atoms. The lowest BCUT2D eigenvalue weighted by molar-refractivity contribution is -0.139. The maximum absolute atomic E-state index is 12.0. The highest BCUT2D eigenvalue weighted by Gasteiger charge is 2.35. The number of furan rings is 1. The van der Waals surface area contributed by atoms with Crippen molar-refractivity contribution in [2.45, 2.75) is 25.9 Å². The Morgan fingerprint density at radius 1 is 1.22 bits per heavy atom. The molecule has 1 aromatic heterocycles. The Morgan fingerprint density at radius 3 is 2.56 bits per heavy atom. The third-order valence-electron chi connectivity index (χ3n) is 4.07. The van der Waals surface area contributed by atoms with Crippen molar-refractivity contribution in [3.63, 3.8) is 0 Å². The van der Waals surface area contributed by atoms with E-state index in [-0.39, 0.29) is 11.3 Å². The van der Waals surface area contributed by atoms with Gasteiger partial charge in [-0.25, -0.2) is 13.2 Å². The minimum Gasteiger partial charge on any atom is -0.469 e. The van der Waals surface area contributed by atoms with Gasteiger partial charge in [-0.2, -0.15) is 5.26 Å². The first-order chi connectivity index (χ1) is 12.9. The fourth-order valence-electron chi connectivity index (χ4n) is 2.93. The van der Waals surface area contributed by atoms with Crippen LogP contribution < -0.4 is 4.72 Å². The summed E-state index contributed by atoms with van der Waals surface area (Å²) < 4.78 is 36.9. The lowest BCUT2D eigenvalue weighted by atomic mass is 9.95. The third-order valence-corrected chi connectivity index (χ3v) is 5.56. The second-order valence-corrected chi connectivity index (χ2v) is 7.92. The van der Waals surface area contributed by atoms with Gasteiger partial charge in [0.1, 0.15) is 23.5 Å². The highest BCUT2D eigenvalue weighted by atomic mass is 32.2. The van der Waals surface area contributed by atoms with Crippen molar-refractivity contribution < 1.29 is 22.4 Å². The standard InChI is InChI=1S/C19H18N2O5S/c1-2-10-27(23,24)21-14-7-5-13(6-8-14)18-16(12-20)19(22)26-17(18)11-15-4-3-9-25-15/h3-9,17,21H,2,10-11H2,1H3. The number of ether oxygens (including phenoxy) is 1. The molecule has 0 spiro atoms. The van der Waals surface area contributed by atoms with E-state index < -0.39 is 22.1 Å². The first-order valence-electron chi connectivity index (χ1n) is 8.42. The van der Waals surface area contributed by atoms with Crippen LogP contribution in [0.25, 0.3) is 5.57 Å². The van der Waals surface area contributed by atoms with Crippen molar-refractivity contribution in [2.24, 2.45) is 0 Å². The number of esters is 1. The molecule has 1 aliphatic heterocycles. The molecule has 3 rings (SSSR count). The van der Waals surface area contributed by atoms with E-state index in [1.165, 1.54) is 6.26 Å². The SMILES string of the molecule is CCCS(=O)(=O)Nc1ccc(C2=C(C#N)C(=O)OC2Cc2ccco2)cc1. The van der Waals surface area contributed by atoms with Crippen LogP contribution in [0.1, 0.15) is 24.7 Å². The van der Waals surface area contributed by atoms with E-state index in [0.717, 1.165) is 0 Å². The molecule has 0 fully saturated rings. The highest BCUT2D eigenvalue weighted by Crippen LogP contribution is 2.34. The van der Waals surface area contributed by atoms with Crippen molar-refractivity contribution in [3.8, 4) is 6.07 Å². The lowest BCUT2D eigenvalue weighted by Crippen LogP contribution is -2.16. The molecule has 2 aromatic rings. The summed E-state index contributed by atoms with van der Waals surface area (Å²) in [6, 6.07) is 11.9. The van der Waals surface area contributed by atoms with E-state index in [1.54, 1.807) is 43.3 Å². The lowest BCUT2D eigenvalue weighted by Gasteiger charge is -2.14. The molecule has 0 bridgehead atoms. The highest BCUT2D eigenvalue weighted by molar-refractivity contribution is 7.92. The normalized spacial score (nSPS) is 16.9. The summed E-state index contributed by atoms with van der Waals surface area (Å²) in [6.45, 7) is 1.79.